The van der Waals surface area contributed by atoms with Gasteiger partial charge in [0.15, 0.2) is 0 Å². The Kier molecular flexibility index (Phi) is 18.4. The maximum absolute atomic E-state index is 12.7. The van der Waals surface area contributed by atoms with Crippen molar-refractivity contribution in [3.63, 3.8) is 0 Å². The first-order chi connectivity index (χ1) is 26.4. The predicted molar refractivity (Wildman–Crippen MR) is 203 cm³/mol. The molecule has 4 heterocycles. The largest absolute Gasteiger partial charge is 0.442 e. The van der Waals surface area contributed by atoms with Crippen molar-refractivity contribution in [1.82, 2.24) is 10.2 Å². The number of epoxide rings is 1. The summed E-state index contributed by atoms with van der Waals surface area (Å²) in [6.45, 7) is 18.0. The average Bonchev–Trinajstić information content (AvgIpc) is 3.91. The Morgan fingerprint density at radius 2 is 1.71 bits per heavy atom. The summed E-state index contributed by atoms with van der Waals surface area (Å²) < 4.78 is 52.5. The van der Waals surface area contributed by atoms with Gasteiger partial charge in [-0.25, -0.2) is 4.79 Å². The number of azide groups is 1. The van der Waals surface area contributed by atoms with Crippen LogP contribution in [0.25, 0.3) is 10.4 Å². The maximum Gasteiger partial charge on any atom is 0.410 e. The zero-order chi connectivity index (χ0) is 39.7. The molecule has 4 aliphatic rings. The van der Waals surface area contributed by atoms with Gasteiger partial charge in [0, 0.05) is 37.0 Å². The summed E-state index contributed by atoms with van der Waals surface area (Å²) in [4.78, 5) is 29.3. The summed E-state index contributed by atoms with van der Waals surface area (Å²) in [5.74, 6) is -0.0183. The highest BCUT2D eigenvalue weighted by Gasteiger charge is 2.61. The molecule has 0 bridgehead atoms. The number of nitrogens with one attached hydrogen (secondary N) is 1. The lowest BCUT2D eigenvalue weighted by Crippen LogP contribution is -2.55. The molecule has 16 nitrogen and oxygen atoms in total. The molecule has 8 atom stereocenters. The van der Waals surface area contributed by atoms with Gasteiger partial charge in [-0.05, 0) is 65.0 Å². The molecule has 0 aromatic carbocycles. The normalized spacial score (nSPS) is 30.0. The summed E-state index contributed by atoms with van der Waals surface area (Å²) in [7, 11) is 0. The fourth-order valence-corrected chi connectivity index (χ4v) is 7.07. The van der Waals surface area contributed by atoms with Crippen molar-refractivity contribution < 1.29 is 52.2 Å². The first-order valence-electron chi connectivity index (χ1n) is 19.6. The fourth-order valence-electron chi connectivity index (χ4n) is 7.07. The van der Waals surface area contributed by atoms with Gasteiger partial charge in [-0.3, -0.25) is 4.79 Å². The first-order valence-corrected chi connectivity index (χ1v) is 19.6. The predicted octanol–water partition coefficient (Wildman–Crippen LogP) is 4.67. The quantitative estimate of drug-likeness (QED) is 0.0325. The van der Waals surface area contributed by atoms with Crippen LogP contribution < -0.4 is 5.32 Å². The highest BCUT2D eigenvalue weighted by molar-refractivity contribution is 5.87. The van der Waals surface area contributed by atoms with E-state index in [0.29, 0.717) is 85.7 Å². The molecule has 1 N–H and O–H groups in total. The van der Waals surface area contributed by atoms with Crippen molar-refractivity contribution >= 4 is 12.0 Å². The summed E-state index contributed by atoms with van der Waals surface area (Å²) in [6, 6.07) is -0.132. The average molecular weight is 778 g/mol. The second kappa shape index (κ2) is 22.6. The zero-order valence-corrected chi connectivity index (χ0v) is 33.5. The van der Waals surface area contributed by atoms with Gasteiger partial charge in [-0.2, -0.15) is 0 Å². The number of carbonyl (C=O) groups is 2. The van der Waals surface area contributed by atoms with Gasteiger partial charge in [-0.15, -0.1) is 0 Å². The molecule has 0 aliphatic carbocycles. The van der Waals surface area contributed by atoms with Crippen molar-refractivity contribution in [3.8, 4) is 0 Å². The summed E-state index contributed by atoms with van der Waals surface area (Å²) >= 11 is 0. The molecule has 0 unspecified atom stereocenters. The third-order valence-corrected chi connectivity index (χ3v) is 10.0. The molecule has 1 spiro atoms. The van der Waals surface area contributed by atoms with Crippen LogP contribution in [-0.4, -0.2) is 150 Å². The van der Waals surface area contributed by atoms with E-state index in [1.54, 1.807) is 17.9 Å². The minimum absolute atomic E-state index is 0.0137. The highest BCUT2D eigenvalue weighted by atomic mass is 16.6. The van der Waals surface area contributed by atoms with Crippen LogP contribution in [0.2, 0.25) is 0 Å². The van der Waals surface area contributed by atoms with Crippen molar-refractivity contribution in [3.05, 3.63) is 46.4 Å². The lowest BCUT2D eigenvalue weighted by atomic mass is 9.83. The summed E-state index contributed by atoms with van der Waals surface area (Å²) in [5.41, 5.74) is 8.63. The molecule has 16 heteroatoms. The Morgan fingerprint density at radius 3 is 2.38 bits per heavy atom. The minimum Gasteiger partial charge on any atom is -0.442 e. The van der Waals surface area contributed by atoms with Crippen LogP contribution >= 0.6 is 0 Å². The van der Waals surface area contributed by atoms with Crippen molar-refractivity contribution in [2.75, 3.05) is 85.7 Å². The topological polar surface area (TPSA) is 185 Å². The van der Waals surface area contributed by atoms with E-state index in [2.05, 4.69) is 61.3 Å². The Balaban J connectivity index is 1.17. The van der Waals surface area contributed by atoms with E-state index in [1.807, 2.05) is 6.92 Å². The van der Waals surface area contributed by atoms with E-state index in [4.69, 9.17) is 48.2 Å². The lowest BCUT2D eigenvalue weighted by molar-refractivity contribution is -0.191. The second-order valence-corrected chi connectivity index (χ2v) is 15.3. The molecule has 55 heavy (non-hydrogen) atoms. The molecule has 0 aromatic rings. The van der Waals surface area contributed by atoms with Crippen molar-refractivity contribution in [2.24, 2.45) is 11.0 Å². The summed E-state index contributed by atoms with van der Waals surface area (Å²) in [6.07, 6.45) is 9.99. The molecule has 4 fully saturated rings. The van der Waals surface area contributed by atoms with Gasteiger partial charge in [0.2, 0.25) is 5.91 Å². The number of morpholine rings is 1. The third kappa shape index (κ3) is 15.4. The standard InChI is InChI=1S/C39H63N5O11/c1-28(7-10-33-29(2)25-32(31(4)54-33)42-35(45)12-9-30(3)53-37(46)44-14-17-48-18-15-44)8-11-34-36(39(27-52-39)26-38(5,6)55-34)51-24-23-50-22-21-49-20-19-47-16-13-41-43-40/h7-9,11-12,29-34,36H,10,13-27H2,1-6H3,(H,42,45)/t29-,30-,31+,32+,33-,34+,36+,39+/m0/s1. The van der Waals surface area contributed by atoms with Crippen molar-refractivity contribution in [1.29, 1.82) is 0 Å². The van der Waals surface area contributed by atoms with E-state index in [-0.39, 0.29) is 53.5 Å². The molecule has 2 amide bonds. The van der Waals surface area contributed by atoms with Gasteiger partial charge < -0.3 is 52.8 Å². The number of allylic oxidation sites excluding steroid dienone is 2. The van der Waals surface area contributed by atoms with Crippen molar-refractivity contribution in [2.45, 2.75) is 109 Å². The Morgan fingerprint density at radius 1 is 1.04 bits per heavy atom. The molecule has 0 saturated carbocycles. The Hall–Kier alpha value is -3.05. The van der Waals surface area contributed by atoms with Gasteiger partial charge in [0.05, 0.1) is 89.9 Å². The van der Waals surface area contributed by atoms with E-state index < -0.39 is 12.2 Å². The zero-order valence-electron chi connectivity index (χ0n) is 33.5. The number of hydrogen-bond acceptors (Lipinski definition) is 12. The lowest BCUT2D eigenvalue weighted by Gasteiger charge is -2.43. The second-order valence-electron chi connectivity index (χ2n) is 15.3. The number of carbonyl (C=O) groups excluding carboxylic acids is 2. The first kappa shape index (κ1) is 44.7. The van der Waals surface area contributed by atoms with Crippen LogP contribution in [-0.2, 0) is 47.4 Å². The number of amides is 2. The van der Waals surface area contributed by atoms with Crippen LogP contribution in [0.4, 0.5) is 4.79 Å². The number of hydrogen-bond donors (Lipinski definition) is 1. The van der Waals surface area contributed by atoms with E-state index in [0.717, 1.165) is 24.8 Å². The maximum atomic E-state index is 12.7. The molecule has 4 saturated heterocycles. The molecule has 310 valence electrons. The molecule has 4 aliphatic heterocycles. The molecular weight excluding hydrogens is 714 g/mol. The third-order valence-electron chi connectivity index (χ3n) is 10.0. The van der Waals surface area contributed by atoms with Crippen LogP contribution in [0.5, 0.6) is 0 Å². The van der Waals surface area contributed by atoms with Gasteiger partial charge >= 0.3 is 6.09 Å². The van der Waals surface area contributed by atoms with Gasteiger partial charge in [0.1, 0.15) is 23.9 Å². The smallest absolute Gasteiger partial charge is 0.410 e. The number of ether oxygens (including phenoxy) is 9. The molecular formula is C39H63N5O11. The van der Waals surface area contributed by atoms with E-state index >= 15 is 0 Å². The molecule has 0 aromatic heterocycles. The van der Waals surface area contributed by atoms with E-state index in [9.17, 15) is 9.59 Å². The van der Waals surface area contributed by atoms with Gasteiger partial charge in [-0.1, -0.05) is 35.8 Å². The molecule has 0 radical (unpaired) electrons. The van der Waals surface area contributed by atoms with Crippen LogP contribution in [0.3, 0.4) is 0 Å². The SMILES string of the molecule is CC(C=C[C@H]1OC(C)(C)C[C@@]2(CO2)[C@@H]1OCCOCCOCCOCCN=[N+]=[N-])=CC[C@@H]1O[C@H](C)[C@H](NC(=O)C=C[C@H](C)OC(=O)N2CCOCC2)C[C@@H]1C. The van der Waals surface area contributed by atoms with Crippen LogP contribution in [0.1, 0.15) is 60.8 Å². The Bertz CT molecular complexity index is 1340. The highest BCUT2D eigenvalue weighted by Crippen LogP contribution is 2.47. The Labute approximate surface area is 325 Å². The van der Waals surface area contributed by atoms with Crippen LogP contribution in [0.15, 0.2) is 41.1 Å². The summed E-state index contributed by atoms with van der Waals surface area (Å²) in [5, 5.41) is 6.48. The molecule has 4 rings (SSSR count). The monoisotopic (exact) mass is 777 g/mol. The minimum atomic E-state index is -0.538. The number of nitrogens with zero attached hydrogens (tertiary/aromatic N) is 4. The van der Waals surface area contributed by atoms with E-state index in [1.165, 1.54) is 6.08 Å². The van der Waals surface area contributed by atoms with Crippen LogP contribution in [0, 0.1) is 5.92 Å². The fraction of sp³-hybridized carbons (Fsp3) is 0.795. The number of rotatable bonds is 21. The van der Waals surface area contributed by atoms with Gasteiger partial charge in [0.25, 0.3) is 0 Å².